The molecule has 0 bridgehead atoms. The summed E-state index contributed by atoms with van der Waals surface area (Å²) in [5.74, 6) is -1.39. The van der Waals surface area contributed by atoms with E-state index >= 15 is 0 Å². The van der Waals surface area contributed by atoms with Gasteiger partial charge in [0, 0.05) is 28.7 Å². The molecule has 0 aliphatic heterocycles. The summed E-state index contributed by atoms with van der Waals surface area (Å²) < 4.78 is 28.1. The van der Waals surface area contributed by atoms with Gasteiger partial charge in [-0.25, -0.2) is 13.6 Å². The van der Waals surface area contributed by atoms with Crippen LogP contribution in [0.25, 0.3) is 0 Å². The first-order valence-corrected chi connectivity index (χ1v) is 9.70. The molecule has 8 heteroatoms. The zero-order chi connectivity index (χ0) is 20.3. The Bertz CT molecular complexity index is 841. The van der Waals surface area contributed by atoms with E-state index in [2.05, 4.69) is 26.6 Å². The normalized spacial score (nSPS) is 17.0. The third-order valence-electron chi connectivity index (χ3n) is 4.89. The number of halogens is 3. The van der Waals surface area contributed by atoms with Crippen molar-refractivity contribution in [2.45, 2.75) is 36.9 Å². The fourth-order valence-corrected chi connectivity index (χ4v) is 3.78. The number of amides is 1. The van der Waals surface area contributed by atoms with Crippen LogP contribution in [-0.4, -0.2) is 35.0 Å². The predicted octanol–water partition coefficient (Wildman–Crippen LogP) is 3.55. The minimum absolute atomic E-state index is 0.146. The highest BCUT2D eigenvalue weighted by Crippen LogP contribution is 2.46. The maximum absolute atomic E-state index is 13.6. The van der Waals surface area contributed by atoms with Gasteiger partial charge in [-0.15, -0.1) is 0 Å². The largest absolute Gasteiger partial charge is 0.465 e. The minimum atomic E-state index is -1.25. The number of aliphatic hydroxyl groups excluding tert-OH is 1. The summed E-state index contributed by atoms with van der Waals surface area (Å²) in [7, 11) is 0. The lowest BCUT2D eigenvalue weighted by atomic mass is 9.97. The number of hydrogen-bond acceptors (Lipinski definition) is 3. The molecular formula is C20H21BrF2N2O3. The summed E-state index contributed by atoms with van der Waals surface area (Å²) >= 11 is 3.45. The number of nitrogens with one attached hydrogen (secondary N) is 2. The second-order valence-corrected chi connectivity index (χ2v) is 7.99. The van der Waals surface area contributed by atoms with Crippen LogP contribution in [-0.2, 0) is 12.0 Å². The fraction of sp³-hybridized carbons (Fsp3) is 0.350. The Kier molecular flexibility index (Phi) is 6.32. The summed E-state index contributed by atoms with van der Waals surface area (Å²) in [5.41, 5.74) is 1.06. The van der Waals surface area contributed by atoms with E-state index in [0.29, 0.717) is 5.56 Å². The predicted molar refractivity (Wildman–Crippen MR) is 104 cm³/mol. The SMILES string of the molecule is O=C(O)NCC(O)C(Cc1cc(F)cc(F)c1)NC1(c2cccc(Br)c2)CC1. The van der Waals surface area contributed by atoms with Gasteiger partial charge < -0.3 is 20.8 Å². The van der Waals surface area contributed by atoms with Gasteiger partial charge in [0.05, 0.1) is 6.10 Å². The summed E-state index contributed by atoms with van der Waals surface area (Å²) in [5, 5.41) is 24.9. The summed E-state index contributed by atoms with van der Waals surface area (Å²) in [6, 6.07) is 10.4. The van der Waals surface area contributed by atoms with Gasteiger partial charge in [-0.2, -0.15) is 0 Å². The molecule has 5 nitrogen and oxygen atoms in total. The topological polar surface area (TPSA) is 81.6 Å². The quantitative estimate of drug-likeness (QED) is 0.491. The van der Waals surface area contributed by atoms with Gasteiger partial charge in [0.1, 0.15) is 11.6 Å². The zero-order valence-corrected chi connectivity index (χ0v) is 16.5. The van der Waals surface area contributed by atoms with E-state index in [-0.39, 0.29) is 18.5 Å². The van der Waals surface area contributed by atoms with E-state index in [1.54, 1.807) is 0 Å². The molecule has 2 aromatic carbocycles. The zero-order valence-electron chi connectivity index (χ0n) is 15.0. The van der Waals surface area contributed by atoms with Crippen molar-refractivity contribution in [2.75, 3.05) is 6.54 Å². The molecule has 0 spiro atoms. The van der Waals surface area contributed by atoms with Gasteiger partial charge >= 0.3 is 6.09 Å². The Balaban J connectivity index is 1.82. The van der Waals surface area contributed by atoms with Crippen LogP contribution in [0.1, 0.15) is 24.0 Å². The molecule has 1 aliphatic carbocycles. The highest BCUT2D eigenvalue weighted by atomic mass is 79.9. The van der Waals surface area contributed by atoms with Gasteiger partial charge in [-0.3, -0.25) is 0 Å². The molecule has 150 valence electrons. The number of aliphatic hydroxyl groups is 1. The molecule has 1 aliphatic rings. The van der Waals surface area contributed by atoms with Gasteiger partial charge in [0.25, 0.3) is 0 Å². The first kappa shape index (κ1) is 20.7. The Morgan fingerprint density at radius 3 is 2.43 bits per heavy atom. The maximum Gasteiger partial charge on any atom is 0.404 e. The van der Waals surface area contributed by atoms with Crippen LogP contribution >= 0.6 is 15.9 Å². The lowest BCUT2D eigenvalue weighted by molar-refractivity contribution is 0.112. The molecule has 0 radical (unpaired) electrons. The van der Waals surface area contributed by atoms with Crippen molar-refractivity contribution < 1.29 is 23.8 Å². The minimum Gasteiger partial charge on any atom is -0.465 e. The van der Waals surface area contributed by atoms with Crippen LogP contribution in [0, 0.1) is 11.6 Å². The van der Waals surface area contributed by atoms with Crippen molar-refractivity contribution in [3.8, 4) is 0 Å². The smallest absolute Gasteiger partial charge is 0.404 e. The highest BCUT2D eigenvalue weighted by Gasteiger charge is 2.46. The van der Waals surface area contributed by atoms with Gasteiger partial charge in [0.15, 0.2) is 0 Å². The lowest BCUT2D eigenvalue weighted by Gasteiger charge is -2.30. The van der Waals surface area contributed by atoms with Crippen LogP contribution in [0.15, 0.2) is 46.9 Å². The van der Waals surface area contributed by atoms with Crippen molar-refractivity contribution in [3.63, 3.8) is 0 Å². The van der Waals surface area contributed by atoms with Gasteiger partial charge in [0.2, 0.25) is 0 Å². The van der Waals surface area contributed by atoms with Crippen molar-refractivity contribution in [2.24, 2.45) is 0 Å². The summed E-state index contributed by atoms with van der Waals surface area (Å²) in [4.78, 5) is 10.8. The van der Waals surface area contributed by atoms with Crippen molar-refractivity contribution in [1.82, 2.24) is 10.6 Å². The molecule has 4 N–H and O–H groups in total. The van der Waals surface area contributed by atoms with E-state index < -0.39 is 29.9 Å². The number of carboxylic acid groups (broad SMARTS) is 1. The monoisotopic (exact) mass is 454 g/mol. The van der Waals surface area contributed by atoms with Crippen LogP contribution in [0.3, 0.4) is 0 Å². The molecule has 1 fully saturated rings. The number of rotatable bonds is 8. The standard InChI is InChI=1S/C20H21BrF2N2O3/c21-14-3-1-2-13(9-14)20(4-5-20)25-17(18(26)11-24-19(27)28)8-12-6-15(22)10-16(23)7-12/h1-3,6-7,9-10,17-18,24-26H,4-5,8,11H2,(H,27,28). The molecule has 0 aromatic heterocycles. The van der Waals surface area contributed by atoms with Crippen molar-refractivity contribution >= 4 is 22.0 Å². The molecule has 2 aromatic rings. The Morgan fingerprint density at radius 2 is 1.86 bits per heavy atom. The molecule has 2 atom stereocenters. The molecule has 0 saturated heterocycles. The van der Waals surface area contributed by atoms with E-state index in [1.807, 2.05) is 24.3 Å². The average molecular weight is 455 g/mol. The summed E-state index contributed by atoms with van der Waals surface area (Å²) in [6.45, 7) is -0.195. The highest BCUT2D eigenvalue weighted by molar-refractivity contribution is 9.10. The van der Waals surface area contributed by atoms with Crippen molar-refractivity contribution in [1.29, 1.82) is 0 Å². The van der Waals surface area contributed by atoms with Crippen molar-refractivity contribution in [3.05, 3.63) is 69.7 Å². The number of carbonyl (C=O) groups is 1. The van der Waals surface area contributed by atoms with Gasteiger partial charge in [-0.1, -0.05) is 28.1 Å². The van der Waals surface area contributed by atoms with E-state index in [4.69, 9.17) is 5.11 Å². The molecular weight excluding hydrogens is 434 g/mol. The van der Waals surface area contributed by atoms with Crippen LogP contribution in [0.4, 0.5) is 13.6 Å². The van der Waals surface area contributed by atoms with E-state index in [1.165, 1.54) is 12.1 Å². The maximum atomic E-state index is 13.6. The van der Waals surface area contributed by atoms with Crippen LogP contribution < -0.4 is 10.6 Å². The lowest BCUT2D eigenvalue weighted by Crippen LogP contribution is -2.51. The van der Waals surface area contributed by atoms with E-state index in [9.17, 15) is 18.7 Å². The fourth-order valence-electron chi connectivity index (χ4n) is 3.38. The molecule has 1 saturated carbocycles. The first-order chi connectivity index (χ1) is 13.3. The molecule has 0 heterocycles. The second-order valence-electron chi connectivity index (χ2n) is 7.08. The summed E-state index contributed by atoms with van der Waals surface area (Å²) in [6.07, 6.45) is -0.491. The third-order valence-corrected chi connectivity index (χ3v) is 5.39. The molecule has 2 unspecified atom stereocenters. The Labute approximate surface area is 169 Å². The Hall–Kier alpha value is -2.03. The van der Waals surface area contributed by atoms with Crippen LogP contribution in [0.5, 0.6) is 0 Å². The number of hydrogen-bond donors (Lipinski definition) is 4. The molecule has 1 amide bonds. The second kappa shape index (κ2) is 8.55. The molecule has 3 rings (SSSR count). The third kappa shape index (κ3) is 5.27. The molecule has 28 heavy (non-hydrogen) atoms. The van der Waals surface area contributed by atoms with E-state index in [0.717, 1.165) is 28.9 Å². The van der Waals surface area contributed by atoms with Crippen LogP contribution in [0.2, 0.25) is 0 Å². The van der Waals surface area contributed by atoms with Gasteiger partial charge in [-0.05, 0) is 54.7 Å². The Morgan fingerprint density at radius 1 is 1.18 bits per heavy atom. The average Bonchev–Trinajstić information content (AvgIpc) is 3.39. The first-order valence-electron chi connectivity index (χ1n) is 8.91. The number of benzene rings is 2.